The average molecular weight is 315 g/mol. The maximum atomic E-state index is 12.1. The van der Waals surface area contributed by atoms with E-state index in [9.17, 15) is 19.2 Å². The van der Waals surface area contributed by atoms with E-state index in [1.807, 2.05) is 0 Å². The van der Waals surface area contributed by atoms with E-state index in [1.165, 1.54) is 6.07 Å². The smallest absolute Gasteiger partial charge is 0.349 e. The third kappa shape index (κ3) is 3.05. The summed E-state index contributed by atoms with van der Waals surface area (Å²) in [6, 6.07) is 7.09. The zero-order valence-corrected chi connectivity index (χ0v) is 11.9. The molecule has 0 spiro atoms. The van der Waals surface area contributed by atoms with Gasteiger partial charge in [0, 0.05) is 11.9 Å². The summed E-state index contributed by atoms with van der Waals surface area (Å²) in [4.78, 5) is 46.2. The SMILES string of the molecule is O=C1NC(=O)C(CCNC(=O)c2cc3ccccc3oc2=O)N1. The highest BCUT2D eigenvalue weighted by Gasteiger charge is 2.28. The zero-order valence-electron chi connectivity index (χ0n) is 11.9. The summed E-state index contributed by atoms with van der Waals surface area (Å²) in [7, 11) is 0. The summed E-state index contributed by atoms with van der Waals surface area (Å²) >= 11 is 0. The lowest BCUT2D eigenvalue weighted by atomic mass is 10.1. The Morgan fingerprint density at radius 3 is 2.74 bits per heavy atom. The highest BCUT2D eigenvalue weighted by atomic mass is 16.4. The Morgan fingerprint density at radius 1 is 1.22 bits per heavy atom. The van der Waals surface area contributed by atoms with E-state index in [0.29, 0.717) is 11.0 Å². The first-order valence-corrected chi connectivity index (χ1v) is 6.97. The summed E-state index contributed by atoms with van der Waals surface area (Å²) in [6.45, 7) is 0.128. The highest BCUT2D eigenvalue weighted by Crippen LogP contribution is 2.12. The van der Waals surface area contributed by atoms with Gasteiger partial charge >= 0.3 is 11.7 Å². The van der Waals surface area contributed by atoms with Gasteiger partial charge in [0.2, 0.25) is 0 Å². The number of imide groups is 1. The molecule has 2 heterocycles. The molecule has 1 aromatic heterocycles. The predicted molar refractivity (Wildman–Crippen MR) is 79.9 cm³/mol. The number of hydrogen-bond acceptors (Lipinski definition) is 5. The van der Waals surface area contributed by atoms with Gasteiger partial charge in [0.15, 0.2) is 0 Å². The van der Waals surface area contributed by atoms with Crippen LogP contribution in [0.25, 0.3) is 11.0 Å². The van der Waals surface area contributed by atoms with Crippen LogP contribution in [0, 0.1) is 0 Å². The molecule has 118 valence electrons. The van der Waals surface area contributed by atoms with Gasteiger partial charge in [-0.2, -0.15) is 0 Å². The summed E-state index contributed by atoms with van der Waals surface area (Å²) in [5.74, 6) is -1.02. The van der Waals surface area contributed by atoms with Crippen molar-refractivity contribution in [3.05, 3.63) is 46.3 Å². The maximum absolute atomic E-state index is 12.1. The summed E-state index contributed by atoms with van der Waals surface area (Å²) < 4.78 is 5.09. The Hall–Kier alpha value is -3.16. The summed E-state index contributed by atoms with van der Waals surface area (Å²) in [5.41, 5.74) is -0.434. The van der Waals surface area contributed by atoms with Gasteiger partial charge in [0.25, 0.3) is 11.8 Å². The number of fused-ring (bicyclic) bond motifs is 1. The zero-order chi connectivity index (χ0) is 16.4. The highest BCUT2D eigenvalue weighted by molar-refractivity contribution is 6.04. The van der Waals surface area contributed by atoms with E-state index in [0.717, 1.165) is 0 Å². The molecule has 0 bridgehead atoms. The van der Waals surface area contributed by atoms with Crippen LogP contribution in [0.2, 0.25) is 0 Å². The molecule has 1 aliphatic heterocycles. The molecule has 1 fully saturated rings. The number of nitrogens with one attached hydrogen (secondary N) is 3. The molecule has 1 atom stereocenters. The van der Waals surface area contributed by atoms with E-state index in [2.05, 4.69) is 16.0 Å². The van der Waals surface area contributed by atoms with Crippen molar-refractivity contribution < 1.29 is 18.8 Å². The number of carbonyl (C=O) groups excluding carboxylic acids is 3. The lowest BCUT2D eigenvalue weighted by Crippen LogP contribution is -2.35. The maximum Gasteiger partial charge on any atom is 0.349 e. The van der Waals surface area contributed by atoms with Crippen LogP contribution in [0.4, 0.5) is 4.79 Å². The van der Waals surface area contributed by atoms with Crippen LogP contribution in [-0.2, 0) is 4.79 Å². The van der Waals surface area contributed by atoms with Gasteiger partial charge in [-0.25, -0.2) is 9.59 Å². The molecule has 4 amide bonds. The molecule has 1 saturated heterocycles. The Morgan fingerprint density at radius 2 is 2.00 bits per heavy atom. The molecule has 8 nitrogen and oxygen atoms in total. The predicted octanol–water partition coefficient (Wildman–Crippen LogP) is 0.121. The monoisotopic (exact) mass is 315 g/mol. The Bertz CT molecular complexity index is 858. The molecule has 0 saturated carbocycles. The van der Waals surface area contributed by atoms with Gasteiger partial charge in [0.05, 0.1) is 0 Å². The molecule has 0 aliphatic carbocycles. The van der Waals surface area contributed by atoms with Crippen molar-refractivity contribution in [1.82, 2.24) is 16.0 Å². The second-order valence-corrected chi connectivity index (χ2v) is 5.05. The number of urea groups is 1. The molecule has 0 radical (unpaired) electrons. The van der Waals surface area contributed by atoms with Crippen molar-refractivity contribution in [3.63, 3.8) is 0 Å². The normalized spacial score (nSPS) is 17.0. The van der Waals surface area contributed by atoms with Crippen molar-refractivity contribution in [2.24, 2.45) is 0 Å². The van der Waals surface area contributed by atoms with Crippen molar-refractivity contribution in [2.75, 3.05) is 6.54 Å². The van der Waals surface area contributed by atoms with Crippen LogP contribution in [0.5, 0.6) is 0 Å². The average Bonchev–Trinajstić information content (AvgIpc) is 2.84. The molecular weight excluding hydrogens is 302 g/mol. The number of amides is 4. The first kappa shape index (κ1) is 14.8. The van der Waals surface area contributed by atoms with Crippen molar-refractivity contribution >= 4 is 28.8 Å². The largest absolute Gasteiger partial charge is 0.422 e. The number of carbonyl (C=O) groups is 3. The van der Waals surface area contributed by atoms with Crippen LogP contribution in [0.15, 0.2) is 39.5 Å². The lowest BCUT2D eigenvalue weighted by molar-refractivity contribution is -0.120. The van der Waals surface area contributed by atoms with Crippen LogP contribution in [-0.4, -0.2) is 30.4 Å². The van der Waals surface area contributed by atoms with Gasteiger partial charge in [0.1, 0.15) is 17.2 Å². The molecule has 1 aliphatic rings. The Balaban J connectivity index is 1.66. The minimum atomic E-state index is -0.729. The first-order chi connectivity index (χ1) is 11.0. The number of para-hydroxylation sites is 1. The van der Waals surface area contributed by atoms with E-state index in [-0.39, 0.29) is 18.5 Å². The van der Waals surface area contributed by atoms with Crippen molar-refractivity contribution in [2.45, 2.75) is 12.5 Å². The van der Waals surface area contributed by atoms with E-state index >= 15 is 0 Å². The van der Waals surface area contributed by atoms with Crippen LogP contribution in [0.1, 0.15) is 16.8 Å². The fourth-order valence-electron chi connectivity index (χ4n) is 2.31. The fourth-order valence-corrected chi connectivity index (χ4v) is 2.31. The third-order valence-corrected chi connectivity index (χ3v) is 3.46. The van der Waals surface area contributed by atoms with Crippen molar-refractivity contribution in [3.8, 4) is 0 Å². The number of hydrogen-bond donors (Lipinski definition) is 3. The van der Waals surface area contributed by atoms with Gasteiger partial charge < -0.3 is 15.1 Å². The Labute approximate surface area is 129 Å². The fraction of sp³-hybridized carbons (Fsp3) is 0.200. The van der Waals surface area contributed by atoms with E-state index < -0.39 is 29.5 Å². The number of rotatable bonds is 4. The minimum absolute atomic E-state index is 0.108. The quantitative estimate of drug-likeness (QED) is 0.547. The van der Waals surface area contributed by atoms with Crippen molar-refractivity contribution in [1.29, 1.82) is 0 Å². The lowest BCUT2D eigenvalue weighted by Gasteiger charge is -2.08. The molecule has 8 heteroatoms. The van der Waals surface area contributed by atoms with E-state index in [1.54, 1.807) is 24.3 Å². The Kier molecular flexibility index (Phi) is 3.80. The van der Waals surface area contributed by atoms with E-state index in [4.69, 9.17) is 4.42 Å². The molecule has 23 heavy (non-hydrogen) atoms. The minimum Gasteiger partial charge on any atom is -0.422 e. The van der Waals surface area contributed by atoms with Crippen LogP contribution in [0.3, 0.4) is 0 Å². The molecule has 1 aromatic carbocycles. The second-order valence-electron chi connectivity index (χ2n) is 5.05. The first-order valence-electron chi connectivity index (χ1n) is 6.97. The van der Waals surface area contributed by atoms with Gasteiger partial charge in [-0.15, -0.1) is 0 Å². The molecule has 3 N–H and O–H groups in total. The topological polar surface area (TPSA) is 118 Å². The summed E-state index contributed by atoms with van der Waals surface area (Å²) in [5, 5.41) is 7.70. The second kappa shape index (κ2) is 5.91. The third-order valence-electron chi connectivity index (χ3n) is 3.46. The van der Waals surface area contributed by atoms with Gasteiger partial charge in [-0.3, -0.25) is 14.9 Å². The molecule has 3 rings (SSSR count). The van der Waals surface area contributed by atoms with Crippen LogP contribution >= 0.6 is 0 Å². The molecule has 2 aromatic rings. The standard InChI is InChI=1S/C15H13N3O5/c19-12(16-6-5-10-13(20)18-15(22)17-10)9-7-8-3-1-2-4-11(8)23-14(9)21/h1-4,7,10H,5-6H2,(H,16,19)(H2,17,18,20,22). The molecule has 1 unspecified atom stereocenters. The van der Waals surface area contributed by atoms with Gasteiger partial charge in [-0.05, 0) is 18.6 Å². The van der Waals surface area contributed by atoms with Gasteiger partial charge in [-0.1, -0.05) is 18.2 Å². The summed E-state index contributed by atoms with van der Waals surface area (Å²) in [6.07, 6.45) is 0.224. The molecular formula is C15H13N3O5. The van der Waals surface area contributed by atoms with Crippen LogP contribution < -0.4 is 21.6 Å². The number of benzene rings is 1.